The van der Waals surface area contributed by atoms with Crippen LogP contribution in [0.5, 0.6) is 0 Å². The van der Waals surface area contributed by atoms with Gasteiger partial charge in [-0.25, -0.2) is 4.98 Å². The van der Waals surface area contributed by atoms with E-state index in [0.717, 1.165) is 16.7 Å². The molecule has 0 unspecified atom stereocenters. The number of hydrogen-bond donors (Lipinski definition) is 2. The lowest BCUT2D eigenvalue weighted by Gasteiger charge is -1.97. The summed E-state index contributed by atoms with van der Waals surface area (Å²) < 4.78 is 0. The summed E-state index contributed by atoms with van der Waals surface area (Å²) in [7, 11) is 0. The third kappa shape index (κ3) is 0.934. The van der Waals surface area contributed by atoms with E-state index in [4.69, 9.17) is 0 Å². The summed E-state index contributed by atoms with van der Waals surface area (Å²) in [6.07, 6.45) is 2.25. The highest BCUT2D eigenvalue weighted by Gasteiger charge is 1.99. The van der Waals surface area contributed by atoms with Crippen LogP contribution in [0.4, 0.5) is 5.69 Å². The molecule has 12 heavy (non-hydrogen) atoms. The Balaban J connectivity index is 2.65. The molecule has 0 aliphatic heterocycles. The Labute approximate surface area is 68.6 Å². The van der Waals surface area contributed by atoms with Crippen LogP contribution in [0.25, 0.3) is 11.0 Å². The highest BCUT2D eigenvalue weighted by atomic mass is 16.1. The normalized spacial score (nSPS) is 10.0. The van der Waals surface area contributed by atoms with Gasteiger partial charge >= 0.3 is 0 Å². The van der Waals surface area contributed by atoms with Gasteiger partial charge in [-0.15, -0.1) is 0 Å². The molecule has 0 aliphatic carbocycles. The first-order valence-electron chi connectivity index (χ1n) is 3.54. The molecular formula is C8H7N3O. The lowest BCUT2D eigenvalue weighted by Crippen LogP contribution is -1.93. The molecule has 0 saturated heterocycles. The zero-order valence-electron chi connectivity index (χ0n) is 6.24. The van der Waals surface area contributed by atoms with E-state index in [1.807, 2.05) is 18.2 Å². The van der Waals surface area contributed by atoms with Crippen molar-refractivity contribution in [3.05, 3.63) is 24.5 Å². The smallest absolute Gasteiger partial charge is 0.211 e. The van der Waals surface area contributed by atoms with Gasteiger partial charge in [0.05, 0.1) is 23.0 Å². The lowest BCUT2D eigenvalue weighted by molar-refractivity contribution is -0.105. The zero-order valence-corrected chi connectivity index (χ0v) is 6.24. The molecule has 1 heterocycles. The summed E-state index contributed by atoms with van der Waals surface area (Å²) >= 11 is 0. The number of carbonyl (C=O) groups is 1. The Kier molecular flexibility index (Phi) is 1.51. The summed E-state index contributed by atoms with van der Waals surface area (Å²) in [6, 6.07) is 5.53. The summed E-state index contributed by atoms with van der Waals surface area (Å²) in [6.45, 7) is 0. The van der Waals surface area contributed by atoms with Crippen molar-refractivity contribution in [2.24, 2.45) is 0 Å². The Morgan fingerprint density at radius 3 is 3.25 bits per heavy atom. The first kappa shape index (κ1) is 6.84. The van der Waals surface area contributed by atoms with E-state index in [0.29, 0.717) is 6.41 Å². The molecule has 0 bridgehead atoms. The van der Waals surface area contributed by atoms with E-state index >= 15 is 0 Å². The van der Waals surface area contributed by atoms with Crippen LogP contribution in [-0.4, -0.2) is 16.4 Å². The van der Waals surface area contributed by atoms with Crippen molar-refractivity contribution in [1.82, 2.24) is 9.97 Å². The van der Waals surface area contributed by atoms with Gasteiger partial charge in [-0.05, 0) is 12.1 Å². The number of imidazole rings is 1. The zero-order chi connectivity index (χ0) is 8.39. The van der Waals surface area contributed by atoms with Gasteiger partial charge in [0, 0.05) is 0 Å². The average molecular weight is 161 g/mol. The van der Waals surface area contributed by atoms with Gasteiger partial charge in [0.2, 0.25) is 6.41 Å². The van der Waals surface area contributed by atoms with Crippen molar-refractivity contribution in [2.45, 2.75) is 0 Å². The number of H-pyrrole nitrogens is 1. The third-order valence-corrected chi connectivity index (χ3v) is 1.67. The number of hydrogen-bond acceptors (Lipinski definition) is 2. The third-order valence-electron chi connectivity index (χ3n) is 1.67. The second-order valence-corrected chi connectivity index (χ2v) is 2.36. The van der Waals surface area contributed by atoms with Gasteiger partial charge < -0.3 is 10.3 Å². The number of nitrogens with zero attached hydrogens (tertiary/aromatic N) is 1. The Hall–Kier alpha value is -1.84. The maximum atomic E-state index is 10.2. The maximum Gasteiger partial charge on any atom is 0.211 e. The van der Waals surface area contributed by atoms with Gasteiger partial charge in [-0.3, -0.25) is 4.79 Å². The minimum absolute atomic E-state index is 0.648. The van der Waals surface area contributed by atoms with Crippen molar-refractivity contribution in [2.75, 3.05) is 5.32 Å². The molecule has 0 atom stereocenters. The molecule has 60 valence electrons. The molecule has 1 aromatic carbocycles. The van der Waals surface area contributed by atoms with Crippen LogP contribution >= 0.6 is 0 Å². The average Bonchev–Trinajstić information content (AvgIpc) is 2.53. The topological polar surface area (TPSA) is 57.8 Å². The number of para-hydroxylation sites is 1. The largest absolute Gasteiger partial charge is 0.343 e. The molecular weight excluding hydrogens is 154 g/mol. The Morgan fingerprint density at radius 1 is 1.50 bits per heavy atom. The van der Waals surface area contributed by atoms with E-state index < -0.39 is 0 Å². The maximum absolute atomic E-state index is 10.2. The second-order valence-electron chi connectivity index (χ2n) is 2.36. The number of amides is 1. The van der Waals surface area contributed by atoms with E-state index in [1.165, 1.54) is 0 Å². The number of fused-ring (bicyclic) bond motifs is 1. The van der Waals surface area contributed by atoms with Gasteiger partial charge in [0.15, 0.2) is 0 Å². The van der Waals surface area contributed by atoms with Crippen LogP contribution in [0.3, 0.4) is 0 Å². The van der Waals surface area contributed by atoms with Gasteiger partial charge in [-0.1, -0.05) is 6.07 Å². The number of benzene rings is 1. The highest BCUT2D eigenvalue weighted by Crippen LogP contribution is 2.18. The molecule has 2 rings (SSSR count). The van der Waals surface area contributed by atoms with E-state index in [2.05, 4.69) is 15.3 Å². The summed E-state index contributed by atoms with van der Waals surface area (Å²) in [5, 5.41) is 2.58. The highest BCUT2D eigenvalue weighted by molar-refractivity contribution is 5.92. The van der Waals surface area contributed by atoms with Gasteiger partial charge in [-0.2, -0.15) is 0 Å². The molecule has 1 amide bonds. The molecule has 0 saturated carbocycles. The fourth-order valence-corrected chi connectivity index (χ4v) is 1.15. The molecule has 0 radical (unpaired) electrons. The Morgan fingerprint density at radius 2 is 2.42 bits per heavy atom. The minimum Gasteiger partial charge on any atom is -0.343 e. The Bertz CT molecular complexity index is 407. The first-order chi connectivity index (χ1) is 5.92. The number of carbonyl (C=O) groups excluding carboxylic acids is 1. The monoisotopic (exact) mass is 161 g/mol. The number of anilines is 1. The van der Waals surface area contributed by atoms with Gasteiger partial charge in [0.1, 0.15) is 0 Å². The van der Waals surface area contributed by atoms with Crippen LogP contribution in [0.15, 0.2) is 24.5 Å². The second kappa shape index (κ2) is 2.65. The SMILES string of the molecule is O=CNc1cccc2nc[nH]c12. The van der Waals surface area contributed by atoms with Crippen molar-refractivity contribution in [1.29, 1.82) is 0 Å². The molecule has 2 N–H and O–H groups in total. The minimum atomic E-state index is 0.648. The molecule has 4 nitrogen and oxygen atoms in total. The van der Waals surface area contributed by atoms with Crippen molar-refractivity contribution < 1.29 is 4.79 Å². The molecule has 1 aromatic heterocycles. The molecule has 4 heteroatoms. The fraction of sp³-hybridized carbons (Fsp3) is 0. The van der Waals surface area contributed by atoms with E-state index in [-0.39, 0.29) is 0 Å². The van der Waals surface area contributed by atoms with Gasteiger partial charge in [0.25, 0.3) is 0 Å². The number of aromatic nitrogens is 2. The van der Waals surface area contributed by atoms with Crippen LogP contribution in [0.1, 0.15) is 0 Å². The number of aromatic amines is 1. The lowest BCUT2D eigenvalue weighted by atomic mass is 10.3. The molecule has 2 aromatic rings. The number of nitrogens with one attached hydrogen (secondary N) is 2. The predicted molar refractivity (Wildman–Crippen MR) is 45.8 cm³/mol. The van der Waals surface area contributed by atoms with Crippen molar-refractivity contribution in [3.63, 3.8) is 0 Å². The molecule has 0 aliphatic rings. The van der Waals surface area contributed by atoms with Crippen LogP contribution in [-0.2, 0) is 4.79 Å². The van der Waals surface area contributed by atoms with Crippen molar-refractivity contribution in [3.8, 4) is 0 Å². The van der Waals surface area contributed by atoms with Crippen LogP contribution in [0, 0.1) is 0 Å². The molecule has 0 fully saturated rings. The molecule has 0 spiro atoms. The van der Waals surface area contributed by atoms with E-state index in [1.54, 1.807) is 6.33 Å². The van der Waals surface area contributed by atoms with Crippen LogP contribution in [0.2, 0.25) is 0 Å². The first-order valence-corrected chi connectivity index (χ1v) is 3.54. The summed E-state index contributed by atoms with van der Waals surface area (Å²) in [5.74, 6) is 0. The fourth-order valence-electron chi connectivity index (χ4n) is 1.15. The standard InChI is InChI=1S/C8H7N3O/c12-5-11-7-3-1-2-6-8(7)10-4-9-6/h1-5H,(H,9,10)(H,11,12). The number of rotatable bonds is 2. The summed E-state index contributed by atoms with van der Waals surface area (Å²) in [5.41, 5.74) is 2.45. The summed E-state index contributed by atoms with van der Waals surface area (Å²) in [4.78, 5) is 17.2. The van der Waals surface area contributed by atoms with E-state index in [9.17, 15) is 4.79 Å². The van der Waals surface area contributed by atoms with Crippen LogP contribution < -0.4 is 5.32 Å². The predicted octanol–water partition coefficient (Wildman–Crippen LogP) is 1.13. The van der Waals surface area contributed by atoms with Crippen molar-refractivity contribution >= 4 is 23.1 Å². The quantitative estimate of drug-likeness (QED) is 0.648.